The fraction of sp³-hybridized carbons (Fsp3) is 0.381. The molecule has 2 N–H and O–H groups in total. The monoisotopic (exact) mass is 432 g/mol. The van der Waals surface area contributed by atoms with E-state index in [0.717, 1.165) is 30.5 Å². The number of aliphatic hydroxyl groups is 1. The number of alkyl halides is 3. The zero-order chi connectivity index (χ0) is 21.8. The molecule has 10 heteroatoms. The topological polar surface area (TPSA) is 88.8 Å². The van der Waals surface area contributed by atoms with E-state index in [-0.39, 0.29) is 24.5 Å². The molecule has 1 saturated heterocycles. The first-order valence-corrected chi connectivity index (χ1v) is 9.86. The van der Waals surface area contributed by atoms with Gasteiger partial charge in [-0.3, -0.25) is 9.78 Å². The normalized spacial score (nSPS) is 23.9. The van der Waals surface area contributed by atoms with Gasteiger partial charge >= 0.3 is 6.18 Å². The minimum atomic E-state index is -4.54. The van der Waals surface area contributed by atoms with Crippen LogP contribution in [0.5, 0.6) is 0 Å². The van der Waals surface area contributed by atoms with Crippen molar-refractivity contribution in [3.63, 3.8) is 0 Å². The van der Waals surface area contributed by atoms with E-state index >= 15 is 0 Å². The number of pyridine rings is 1. The highest BCUT2D eigenvalue weighted by Crippen LogP contribution is 2.39. The van der Waals surface area contributed by atoms with Gasteiger partial charge in [0.15, 0.2) is 0 Å². The molecule has 4 heterocycles. The molecule has 0 radical (unpaired) electrons. The second kappa shape index (κ2) is 7.03. The number of rotatable bonds is 4. The zero-order valence-electron chi connectivity index (χ0n) is 16.3. The summed E-state index contributed by atoms with van der Waals surface area (Å²) in [6.45, 7) is -0.203. The molecule has 31 heavy (non-hydrogen) atoms. The van der Waals surface area contributed by atoms with Gasteiger partial charge in [-0.25, -0.2) is 4.98 Å². The van der Waals surface area contributed by atoms with Crippen LogP contribution in [0.1, 0.15) is 45.9 Å². The standard InChI is InChI=1S/C21H19F3N4O3/c22-21(23,24)14-3-4-16(25-8-14)20(11-31-10-17(20)29)27-19(30)15-5-6-28-9-13(12-1-2-12)7-26-18(15)28/h3-9,12,17,29H,1-2,10-11H2,(H,27,30). The third-order valence-corrected chi connectivity index (χ3v) is 5.86. The number of aliphatic hydroxyl groups excluding tert-OH is 1. The Balaban J connectivity index is 1.46. The molecule has 2 unspecified atom stereocenters. The van der Waals surface area contributed by atoms with Crippen LogP contribution in [0.4, 0.5) is 13.2 Å². The summed E-state index contributed by atoms with van der Waals surface area (Å²) in [4.78, 5) is 21.4. The summed E-state index contributed by atoms with van der Waals surface area (Å²) in [6.07, 6.45) is 2.65. The SMILES string of the molecule is O=C(NC1(c2ccc(C(F)(F)F)cn2)COCC1O)c1ccn2cc(C3CC3)cnc12. The molecule has 1 amide bonds. The van der Waals surface area contributed by atoms with Gasteiger partial charge in [0.1, 0.15) is 17.3 Å². The van der Waals surface area contributed by atoms with Crippen LogP contribution in [0.2, 0.25) is 0 Å². The molecule has 7 nitrogen and oxygen atoms in total. The molecular weight excluding hydrogens is 413 g/mol. The number of carbonyl (C=O) groups excluding carboxylic acids is 1. The third-order valence-electron chi connectivity index (χ3n) is 5.86. The quantitative estimate of drug-likeness (QED) is 0.662. The average molecular weight is 432 g/mol. The smallest absolute Gasteiger partial charge is 0.388 e. The van der Waals surface area contributed by atoms with Crippen molar-refractivity contribution in [3.8, 4) is 0 Å². The van der Waals surface area contributed by atoms with Crippen molar-refractivity contribution in [1.82, 2.24) is 19.7 Å². The van der Waals surface area contributed by atoms with E-state index in [4.69, 9.17) is 4.74 Å². The predicted molar refractivity (Wildman–Crippen MR) is 102 cm³/mol. The van der Waals surface area contributed by atoms with Gasteiger partial charge in [-0.05, 0) is 42.5 Å². The number of nitrogens with zero attached hydrogens (tertiary/aromatic N) is 3. The molecular formula is C21H19F3N4O3. The van der Waals surface area contributed by atoms with Crippen molar-refractivity contribution in [2.75, 3.05) is 13.2 Å². The number of carbonyl (C=O) groups is 1. The first-order valence-electron chi connectivity index (χ1n) is 9.86. The van der Waals surface area contributed by atoms with E-state index in [1.165, 1.54) is 0 Å². The molecule has 0 bridgehead atoms. The van der Waals surface area contributed by atoms with Gasteiger partial charge in [0.2, 0.25) is 0 Å². The Labute approximate surface area is 174 Å². The Morgan fingerprint density at radius 1 is 1.23 bits per heavy atom. The van der Waals surface area contributed by atoms with Gasteiger partial charge in [-0.15, -0.1) is 0 Å². The Morgan fingerprint density at radius 3 is 2.65 bits per heavy atom. The maximum atomic E-state index is 13.1. The van der Waals surface area contributed by atoms with Gasteiger partial charge in [-0.2, -0.15) is 13.2 Å². The molecule has 5 rings (SSSR count). The Bertz CT molecular complexity index is 1140. The number of nitrogens with one attached hydrogen (secondary N) is 1. The van der Waals surface area contributed by atoms with Crippen LogP contribution in [0.25, 0.3) is 5.65 Å². The molecule has 0 spiro atoms. The minimum Gasteiger partial charge on any atom is -0.388 e. The Morgan fingerprint density at radius 2 is 2.03 bits per heavy atom. The van der Waals surface area contributed by atoms with Crippen LogP contribution < -0.4 is 5.32 Å². The van der Waals surface area contributed by atoms with E-state index in [1.807, 2.05) is 6.20 Å². The van der Waals surface area contributed by atoms with Crippen LogP contribution in [0, 0.1) is 0 Å². The number of fused-ring (bicyclic) bond motifs is 1. The van der Waals surface area contributed by atoms with Crippen LogP contribution >= 0.6 is 0 Å². The highest BCUT2D eigenvalue weighted by Gasteiger charge is 2.48. The lowest BCUT2D eigenvalue weighted by molar-refractivity contribution is -0.137. The fourth-order valence-electron chi connectivity index (χ4n) is 3.91. The van der Waals surface area contributed by atoms with Gasteiger partial charge in [0, 0.05) is 24.8 Å². The van der Waals surface area contributed by atoms with Gasteiger partial charge < -0.3 is 19.6 Å². The molecule has 0 aromatic carbocycles. The second-order valence-electron chi connectivity index (χ2n) is 8.01. The third kappa shape index (κ3) is 3.45. The predicted octanol–water partition coefficient (Wildman–Crippen LogP) is 2.64. The molecule has 3 aromatic heterocycles. The number of ether oxygens (including phenoxy) is 1. The average Bonchev–Trinajstić information content (AvgIpc) is 3.41. The zero-order valence-corrected chi connectivity index (χ0v) is 16.3. The number of hydrogen-bond donors (Lipinski definition) is 2. The van der Waals surface area contributed by atoms with Crippen LogP contribution in [-0.4, -0.2) is 44.7 Å². The Kier molecular flexibility index (Phi) is 4.52. The fourth-order valence-corrected chi connectivity index (χ4v) is 3.91. The highest BCUT2D eigenvalue weighted by atomic mass is 19.4. The number of amides is 1. The molecule has 1 aliphatic carbocycles. The van der Waals surface area contributed by atoms with Gasteiger partial charge in [0.05, 0.1) is 30.0 Å². The van der Waals surface area contributed by atoms with E-state index in [9.17, 15) is 23.1 Å². The molecule has 3 aromatic rings. The largest absolute Gasteiger partial charge is 0.417 e. The summed E-state index contributed by atoms with van der Waals surface area (Å²) in [6, 6.07) is 3.64. The molecule has 2 atom stereocenters. The minimum absolute atomic E-state index is 0.0809. The Hall–Kier alpha value is -2.98. The first kappa shape index (κ1) is 20.0. The lowest BCUT2D eigenvalue weighted by Crippen LogP contribution is -2.54. The van der Waals surface area contributed by atoms with Crippen molar-refractivity contribution in [2.24, 2.45) is 0 Å². The summed E-state index contributed by atoms with van der Waals surface area (Å²) < 4.78 is 45.8. The van der Waals surface area contributed by atoms with E-state index in [2.05, 4.69) is 15.3 Å². The van der Waals surface area contributed by atoms with Gasteiger partial charge in [-0.1, -0.05) is 0 Å². The summed E-state index contributed by atoms with van der Waals surface area (Å²) in [5.74, 6) is -0.0169. The van der Waals surface area contributed by atoms with Crippen LogP contribution in [0.15, 0.2) is 43.0 Å². The van der Waals surface area contributed by atoms with Crippen LogP contribution in [0.3, 0.4) is 0 Å². The lowest BCUT2D eigenvalue weighted by atomic mass is 9.90. The molecule has 1 aliphatic heterocycles. The highest BCUT2D eigenvalue weighted by molar-refractivity contribution is 6.00. The molecule has 1 saturated carbocycles. The number of aromatic nitrogens is 3. The summed E-state index contributed by atoms with van der Waals surface area (Å²) in [5, 5.41) is 13.3. The summed E-state index contributed by atoms with van der Waals surface area (Å²) >= 11 is 0. The molecule has 2 fully saturated rings. The van der Waals surface area contributed by atoms with Gasteiger partial charge in [0.25, 0.3) is 5.91 Å². The second-order valence-corrected chi connectivity index (χ2v) is 8.01. The first-order chi connectivity index (χ1) is 14.8. The van der Waals surface area contributed by atoms with E-state index in [0.29, 0.717) is 17.8 Å². The van der Waals surface area contributed by atoms with Crippen LogP contribution in [-0.2, 0) is 16.5 Å². The lowest BCUT2D eigenvalue weighted by Gasteiger charge is -2.31. The van der Waals surface area contributed by atoms with E-state index in [1.54, 1.807) is 22.9 Å². The maximum absolute atomic E-state index is 13.1. The van der Waals surface area contributed by atoms with E-state index < -0.39 is 29.3 Å². The number of hydrogen-bond acceptors (Lipinski definition) is 5. The van der Waals surface area contributed by atoms with Crippen molar-refractivity contribution in [1.29, 1.82) is 0 Å². The summed E-state index contributed by atoms with van der Waals surface area (Å²) in [5.41, 5.74) is -0.450. The summed E-state index contributed by atoms with van der Waals surface area (Å²) in [7, 11) is 0. The van der Waals surface area contributed by atoms with Crippen molar-refractivity contribution in [3.05, 3.63) is 65.4 Å². The maximum Gasteiger partial charge on any atom is 0.417 e. The van der Waals surface area contributed by atoms with Crippen molar-refractivity contribution < 1.29 is 27.8 Å². The molecule has 162 valence electrons. The van der Waals surface area contributed by atoms with Crippen molar-refractivity contribution in [2.45, 2.75) is 36.6 Å². The number of halogens is 3. The molecule has 2 aliphatic rings. The van der Waals surface area contributed by atoms with Crippen molar-refractivity contribution >= 4 is 11.6 Å².